The van der Waals surface area contributed by atoms with Crippen LogP contribution in [-0.4, -0.2) is 9.97 Å². The number of alkyl halides is 3. The van der Waals surface area contributed by atoms with Crippen LogP contribution in [0.1, 0.15) is 11.1 Å². The number of hydrogen-bond donors (Lipinski definition) is 1. The first-order valence-corrected chi connectivity index (χ1v) is 6.36. The highest BCUT2D eigenvalue weighted by Crippen LogP contribution is 2.33. The minimum atomic E-state index is -4.36. The van der Waals surface area contributed by atoms with Crippen LogP contribution in [0.5, 0.6) is 0 Å². The van der Waals surface area contributed by atoms with Crippen molar-refractivity contribution >= 4 is 34.1 Å². The molecule has 0 amide bonds. The van der Waals surface area contributed by atoms with Gasteiger partial charge in [0.25, 0.3) is 0 Å². The molecule has 2 rings (SSSR count). The number of halogens is 4. The van der Waals surface area contributed by atoms with Crippen LogP contribution < -0.4 is 5.32 Å². The van der Waals surface area contributed by atoms with Crippen LogP contribution in [0.15, 0.2) is 30.7 Å². The van der Waals surface area contributed by atoms with Gasteiger partial charge in [-0.2, -0.15) is 13.2 Å². The maximum absolute atomic E-state index is 12.7. The van der Waals surface area contributed by atoms with E-state index in [-0.39, 0.29) is 0 Å². The lowest BCUT2D eigenvalue weighted by molar-refractivity contribution is -0.137. The number of rotatable bonds is 2. The Bertz CT molecular complexity index is 599. The van der Waals surface area contributed by atoms with E-state index < -0.39 is 11.7 Å². The summed E-state index contributed by atoms with van der Waals surface area (Å²) < 4.78 is 38.7. The average Bonchev–Trinajstić information content (AvgIpc) is 2.33. The summed E-state index contributed by atoms with van der Waals surface area (Å²) in [6.45, 7) is 1.73. The van der Waals surface area contributed by atoms with Gasteiger partial charge in [-0.1, -0.05) is 6.07 Å². The van der Waals surface area contributed by atoms with E-state index in [1.54, 1.807) is 13.1 Å². The largest absolute Gasteiger partial charge is 0.416 e. The highest BCUT2D eigenvalue weighted by molar-refractivity contribution is 14.1. The van der Waals surface area contributed by atoms with Gasteiger partial charge in [-0.25, -0.2) is 9.97 Å². The molecule has 0 unspecified atom stereocenters. The number of aryl methyl sites for hydroxylation is 1. The van der Waals surface area contributed by atoms with Crippen LogP contribution in [0.25, 0.3) is 0 Å². The number of nitrogens with zero attached hydrogens (tertiary/aromatic N) is 2. The molecule has 0 spiro atoms. The zero-order chi connectivity index (χ0) is 14.0. The van der Waals surface area contributed by atoms with E-state index in [2.05, 4.69) is 15.3 Å². The molecule has 1 aromatic carbocycles. The number of anilines is 2. The molecule has 1 N–H and O–H groups in total. The lowest BCUT2D eigenvalue weighted by Crippen LogP contribution is -2.06. The van der Waals surface area contributed by atoms with Crippen molar-refractivity contribution in [3.8, 4) is 0 Å². The van der Waals surface area contributed by atoms with Crippen molar-refractivity contribution in [2.24, 2.45) is 0 Å². The van der Waals surface area contributed by atoms with Crippen LogP contribution >= 0.6 is 22.6 Å². The van der Waals surface area contributed by atoms with Gasteiger partial charge in [0.15, 0.2) is 0 Å². The summed E-state index contributed by atoms with van der Waals surface area (Å²) in [5.74, 6) is 0.484. The third-order valence-electron chi connectivity index (χ3n) is 2.49. The predicted molar refractivity (Wildman–Crippen MR) is 74.2 cm³/mol. The first-order valence-electron chi connectivity index (χ1n) is 5.28. The Hall–Kier alpha value is -1.38. The van der Waals surface area contributed by atoms with Gasteiger partial charge in [-0.15, -0.1) is 0 Å². The van der Waals surface area contributed by atoms with E-state index in [4.69, 9.17) is 0 Å². The zero-order valence-corrected chi connectivity index (χ0v) is 12.0. The predicted octanol–water partition coefficient (Wildman–Crippen LogP) is 4.15. The number of aromatic nitrogens is 2. The third-order valence-corrected chi connectivity index (χ3v) is 3.28. The molecular formula is C12H9F3IN3. The van der Waals surface area contributed by atoms with Crippen LogP contribution in [0.3, 0.4) is 0 Å². The number of nitrogens with one attached hydrogen (secondary N) is 1. The summed E-state index contributed by atoms with van der Waals surface area (Å²) in [5.41, 5.74) is 0.401. The Morgan fingerprint density at radius 2 is 2.00 bits per heavy atom. The maximum Gasteiger partial charge on any atom is 0.416 e. The van der Waals surface area contributed by atoms with Gasteiger partial charge in [-0.3, -0.25) is 0 Å². The molecule has 0 bridgehead atoms. The molecule has 3 nitrogen and oxygen atoms in total. The summed E-state index contributed by atoms with van der Waals surface area (Å²) in [5, 5.41) is 2.89. The Morgan fingerprint density at radius 1 is 1.26 bits per heavy atom. The molecule has 0 fully saturated rings. The van der Waals surface area contributed by atoms with Crippen LogP contribution in [0.2, 0.25) is 0 Å². The lowest BCUT2D eigenvalue weighted by Gasteiger charge is -2.13. The fourth-order valence-electron chi connectivity index (χ4n) is 1.47. The van der Waals surface area contributed by atoms with Crippen molar-refractivity contribution in [1.29, 1.82) is 0 Å². The maximum atomic E-state index is 12.7. The minimum Gasteiger partial charge on any atom is -0.339 e. The van der Waals surface area contributed by atoms with Gasteiger partial charge >= 0.3 is 6.18 Å². The molecule has 7 heteroatoms. The summed E-state index contributed by atoms with van der Waals surface area (Å²) in [4.78, 5) is 7.82. The molecule has 0 aliphatic rings. The SMILES string of the molecule is Cc1ccc(C(F)(F)F)cc1Nc1ncncc1I. The van der Waals surface area contributed by atoms with E-state index in [0.717, 1.165) is 15.7 Å². The molecule has 19 heavy (non-hydrogen) atoms. The van der Waals surface area contributed by atoms with Crippen LogP contribution in [-0.2, 0) is 6.18 Å². The highest BCUT2D eigenvalue weighted by atomic mass is 127. The molecule has 100 valence electrons. The average molecular weight is 379 g/mol. The van der Waals surface area contributed by atoms with Crippen molar-refractivity contribution in [2.75, 3.05) is 5.32 Å². The van der Waals surface area contributed by atoms with Gasteiger partial charge in [0.05, 0.1) is 9.13 Å². The van der Waals surface area contributed by atoms with Crippen molar-refractivity contribution in [1.82, 2.24) is 9.97 Å². The highest BCUT2D eigenvalue weighted by Gasteiger charge is 2.30. The Kier molecular flexibility index (Phi) is 3.93. The first kappa shape index (κ1) is 14.0. The standard InChI is InChI=1S/C12H9F3IN3/c1-7-2-3-8(12(13,14)15)4-10(7)19-11-9(16)5-17-6-18-11/h2-6H,1H3,(H,17,18,19). The molecule has 1 aromatic heterocycles. The van der Waals surface area contributed by atoms with E-state index in [0.29, 0.717) is 17.1 Å². The first-order chi connectivity index (χ1) is 8.88. The minimum absolute atomic E-state index is 0.381. The third kappa shape index (κ3) is 3.34. The topological polar surface area (TPSA) is 37.8 Å². The summed E-state index contributed by atoms with van der Waals surface area (Å²) >= 11 is 2.01. The quantitative estimate of drug-likeness (QED) is 0.797. The Balaban J connectivity index is 2.38. The van der Waals surface area contributed by atoms with E-state index >= 15 is 0 Å². The zero-order valence-electron chi connectivity index (χ0n) is 9.79. The van der Waals surface area contributed by atoms with Crippen molar-refractivity contribution < 1.29 is 13.2 Å². The monoisotopic (exact) mass is 379 g/mol. The summed E-state index contributed by atoms with van der Waals surface area (Å²) in [6.07, 6.45) is -1.44. The molecule has 0 radical (unpaired) electrons. The summed E-state index contributed by atoms with van der Waals surface area (Å²) in [7, 11) is 0. The van der Waals surface area contributed by atoms with Crippen LogP contribution in [0, 0.1) is 10.5 Å². The number of hydrogen-bond acceptors (Lipinski definition) is 3. The second-order valence-corrected chi connectivity index (χ2v) is 5.03. The lowest BCUT2D eigenvalue weighted by atomic mass is 10.1. The van der Waals surface area contributed by atoms with Gasteiger partial charge < -0.3 is 5.32 Å². The van der Waals surface area contributed by atoms with Crippen molar-refractivity contribution in [2.45, 2.75) is 13.1 Å². The Morgan fingerprint density at radius 3 is 2.63 bits per heavy atom. The fraction of sp³-hybridized carbons (Fsp3) is 0.167. The second kappa shape index (κ2) is 5.32. The fourth-order valence-corrected chi connectivity index (χ4v) is 1.90. The molecule has 1 heterocycles. The number of benzene rings is 1. The molecular weight excluding hydrogens is 370 g/mol. The molecule has 2 aromatic rings. The Labute approximate surface area is 121 Å². The van der Waals surface area contributed by atoms with Gasteiger partial charge in [0.1, 0.15) is 12.1 Å². The molecule has 0 aliphatic heterocycles. The van der Waals surface area contributed by atoms with Crippen LogP contribution in [0.4, 0.5) is 24.7 Å². The summed E-state index contributed by atoms with van der Waals surface area (Å²) in [6, 6.07) is 3.57. The molecule has 0 atom stereocenters. The molecule has 0 saturated heterocycles. The molecule has 0 aliphatic carbocycles. The second-order valence-electron chi connectivity index (χ2n) is 3.87. The van der Waals surface area contributed by atoms with E-state index in [9.17, 15) is 13.2 Å². The molecule has 0 saturated carbocycles. The van der Waals surface area contributed by atoms with Crippen molar-refractivity contribution in [3.05, 3.63) is 45.4 Å². The normalized spacial score (nSPS) is 11.4. The van der Waals surface area contributed by atoms with E-state index in [1.807, 2.05) is 22.6 Å². The van der Waals surface area contributed by atoms with E-state index in [1.165, 1.54) is 12.4 Å². The van der Waals surface area contributed by atoms with Gasteiger partial charge in [-0.05, 0) is 47.2 Å². The van der Waals surface area contributed by atoms with Gasteiger partial charge in [0.2, 0.25) is 0 Å². The smallest absolute Gasteiger partial charge is 0.339 e. The van der Waals surface area contributed by atoms with Crippen molar-refractivity contribution in [3.63, 3.8) is 0 Å². The van der Waals surface area contributed by atoms with Gasteiger partial charge in [0, 0.05) is 11.9 Å².